The van der Waals surface area contributed by atoms with Gasteiger partial charge in [-0.1, -0.05) is 42.5 Å². The summed E-state index contributed by atoms with van der Waals surface area (Å²) in [6, 6.07) is 19.7. The van der Waals surface area contributed by atoms with Gasteiger partial charge in [0.2, 0.25) is 0 Å². The van der Waals surface area contributed by atoms with Crippen molar-refractivity contribution in [1.82, 2.24) is 9.78 Å². The summed E-state index contributed by atoms with van der Waals surface area (Å²) in [7, 11) is -0.993. The highest BCUT2D eigenvalue weighted by Gasteiger charge is 2.28. The third-order valence-electron chi connectivity index (χ3n) is 5.82. The van der Waals surface area contributed by atoms with E-state index in [2.05, 4.69) is 10.4 Å². The lowest BCUT2D eigenvalue weighted by Gasteiger charge is -2.14. The minimum absolute atomic E-state index is 0.131. The first kappa shape index (κ1) is 20.5. The van der Waals surface area contributed by atoms with Gasteiger partial charge in [0, 0.05) is 16.4 Å². The number of nitrogens with zero attached hydrogens (tertiary/aromatic N) is 2. The molecule has 0 bridgehead atoms. The number of fused-ring (bicyclic) bond motifs is 2. The number of amides is 1. The number of nitrogens with one attached hydrogen (secondary N) is 1. The summed E-state index contributed by atoms with van der Waals surface area (Å²) in [6.45, 7) is 3.94. The maximum absolute atomic E-state index is 12.8. The quantitative estimate of drug-likeness (QED) is 0.494. The van der Waals surface area contributed by atoms with Crippen LogP contribution in [0.25, 0.3) is 16.5 Å². The zero-order valence-electron chi connectivity index (χ0n) is 17.9. The van der Waals surface area contributed by atoms with E-state index in [1.54, 1.807) is 4.68 Å². The molecule has 7 heteroatoms. The number of ether oxygens (including phenoxy) is 1. The third-order valence-corrected chi connectivity index (χ3v) is 7.03. The van der Waals surface area contributed by atoms with Gasteiger partial charge in [0.25, 0.3) is 5.91 Å². The molecule has 32 heavy (non-hydrogen) atoms. The normalized spacial score (nSPS) is 15.0. The second kappa shape index (κ2) is 8.24. The average Bonchev–Trinajstić information content (AvgIpc) is 3.31. The molecule has 0 radical (unpaired) electrons. The summed E-state index contributed by atoms with van der Waals surface area (Å²) in [4.78, 5) is 12.8. The molecule has 1 aliphatic heterocycles. The summed E-state index contributed by atoms with van der Waals surface area (Å²) in [6.07, 6.45) is 0. The van der Waals surface area contributed by atoms with Crippen LogP contribution < -0.4 is 10.1 Å². The predicted octanol–water partition coefficient (Wildman–Crippen LogP) is 4.42. The Labute approximate surface area is 188 Å². The Balaban J connectivity index is 1.39. The second-order valence-electron chi connectivity index (χ2n) is 7.98. The fraction of sp³-hybridized carbons (Fsp3) is 0.200. The zero-order valence-corrected chi connectivity index (χ0v) is 18.7. The van der Waals surface area contributed by atoms with Crippen LogP contribution in [0.5, 0.6) is 5.75 Å². The summed E-state index contributed by atoms with van der Waals surface area (Å²) < 4.78 is 19.6. The molecule has 0 fully saturated rings. The summed E-state index contributed by atoms with van der Waals surface area (Å²) >= 11 is 0. The molecular weight excluding hydrogens is 422 g/mol. The van der Waals surface area contributed by atoms with Gasteiger partial charge < -0.3 is 10.1 Å². The second-order valence-corrected chi connectivity index (χ2v) is 9.44. The molecule has 162 valence electrons. The molecular formula is C25H23N3O3S. The number of aromatic nitrogens is 2. The van der Waals surface area contributed by atoms with E-state index in [0.29, 0.717) is 23.1 Å². The van der Waals surface area contributed by atoms with Crippen molar-refractivity contribution in [3.05, 3.63) is 83.0 Å². The fourth-order valence-electron chi connectivity index (χ4n) is 3.97. The van der Waals surface area contributed by atoms with Crippen molar-refractivity contribution in [2.24, 2.45) is 0 Å². The molecule has 4 aromatic rings. The van der Waals surface area contributed by atoms with Crippen LogP contribution in [0.4, 0.5) is 5.82 Å². The molecule has 3 aromatic carbocycles. The maximum Gasteiger partial charge on any atom is 0.263 e. The molecule has 5 rings (SSSR count). The lowest BCUT2D eigenvalue weighted by atomic mass is 10.1. The first-order valence-electron chi connectivity index (χ1n) is 10.4. The van der Waals surface area contributed by atoms with E-state index < -0.39 is 10.8 Å². The van der Waals surface area contributed by atoms with Crippen molar-refractivity contribution in [3.63, 3.8) is 0 Å². The molecule has 1 N–H and O–H groups in total. The molecule has 1 unspecified atom stereocenters. The lowest BCUT2D eigenvalue weighted by molar-refractivity contribution is -0.118. The van der Waals surface area contributed by atoms with Crippen LogP contribution >= 0.6 is 0 Å². The number of anilines is 1. The van der Waals surface area contributed by atoms with Crippen molar-refractivity contribution >= 4 is 33.3 Å². The number of hydrogen-bond acceptors (Lipinski definition) is 4. The largest absolute Gasteiger partial charge is 0.484 e. The van der Waals surface area contributed by atoms with E-state index in [-0.39, 0.29) is 12.5 Å². The Kier molecular flexibility index (Phi) is 5.27. The van der Waals surface area contributed by atoms with Gasteiger partial charge in [-0.05, 0) is 53.9 Å². The highest BCUT2D eigenvalue weighted by atomic mass is 32.2. The summed E-state index contributed by atoms with van der Waals surface area (Å²) in [5, 5.41) is 9.82. The Hall–Kier alpha value is -3.45. The van der Waals surface area contributed by atoms with Gasteiger partial charge in [0.1, 0.15) is 11.6 Å². The van der Waals surface area contributed by atoms with Crippen molar-refractivity contribution in [2.75, 3.05) is 11.9 Å². The van der Waals surface area contributed by atoms with Crippen LogP contribution in [0, 0.1) is 13.8 Å². The SMILES string of the molecule is Cc1cccc(-n2nc3c(c2NC(=O)COc2ccc4ccccc4c2)CS(=O)C3)c1C. The van der Waals surface area contributed by atoms with Crippen molar-refractivity contribution in [2.45, 2.75) is 25.4 Å². The molecule has 0 saturated heterocycles. The lowest BCUT2D eigenvalue weighted by Crippen LogP contribution is -2.23. The minimum atomic E-state index is -0.993. The fourth-order valence-corrected chi connectivity index (χ4v) is 5.23. The summed E-state index contributed by atoms with van der Waals surface area (Å²) in [5.41, 5.74) is 4.73. The average molecular weight is 446 g/mol. The van der Waals surface area contributed by atoms with Crippen LogP contribution in [-0.4, -0.2) is 26.5 Å². The van der Waals surface area contributed by atoms with Gasteiger partial charge in [-0.3, -0.25) is 9.00 Å². The van der Waals surface area contributed by atoms with Crippen molar-refractivity contribution < 1.29 is 13.7 Å². The number of aryl methyl sites for hydroxylation is 1. The topological polar surface area (TPSA) is 73.2 Å². The van der Waals surface area contributed by atoms with Gasteiger partial charge in [0.15, 0.2) is 6.61 Å². The molecule has 0 saturated carbocycles. The monoisotopic (exact) mass is 445 g/mol. The first-order valence-corrected chi connectivity index (χ1v) is 11.9. The Morgan fingerprint density at radius 2 is 1.88 bits per heavy atom. The molecule has 1 amide bonds. The Morgan fingerprint density at radius 1 is 1.06 bits per heavy atom. The standard InChI is InChI=1S/C25H23N3O3S/c1-16-6-5-9-23(17(16)2)28-25(21-14-32(30)15-22(21)27-28)26-24(29)13-31-20-11-10-18-7-3-4-8-19(18)12-20/h3-12H,13-15H2,1-2H3,(H,26,29). The number of carbonyl (C=O) groups excluding carboxylic acids is 1. The van der Waals surface area contributed by atoms with Crippen LogP contribution in [-0.2, 0) is 27.1 Å². The first-order chi connectivity index (χ1) is 15.5. The summed E-state index contributed by atoms with van der Waals surface area (Å²) in [5.74, 6) is 1.72. The number of rotatable bonds is 5. The van der Waals surface area contributed by atoms with E-state index in [1.165, 1.54) is 0 Å². The molecule has 1 aliphatic rings. The van der Waals surface area contributed by atoms with Crippen LogP contribution in [0.2, 0.25) is 0 Å². The zero-order chi connectivity index (χ0) is 22.2. The van der Waals surface area contributed by atoms with Gasteiger partial charge in [0.05, 0.1) is 22.9 Å². The minimum Gasteiger partial charge on any atom is -0.484 e. The number of carbonyl (C=O) groups is 1. The highest BCUT2D eigenvalue weighted by molar-refractivity contribution is 7.83. The molecule has 1 aromatic heterocycles. The molecule has 0 spiro atoms. The van der Waals surface area contributed by atoms with Gasteiger partial charge in [-0.25, -0.2) is 4.68 Å². The Bertz CT molecular complexity index is 1380. The van der Waals surface area contributed by atoms with E-state index in [4.69, 9.17) is 4.74 Å². The van der Waals surface area contributed by atoms with Crippen molar-refractivity contribution in [3.8, 4) is 11.4 Å². The molecule has 6 nitrogen and oxygen atoms in total. The van der Waals surface area contributed by atoms with E-state index in [0.717, 1.165) is 38.8 Å². The Morgan fingerprint density at radius 3 is 2.72 bits per heavy atom. The van der Waals surface area contributed by atoms with Crippen LogP contribution in [0.1, 0.15) is 22.4 Å². The van der Waals surface area contributed by atoms with Gasteiger partial charge in [-0.2, -0.15) is 5.10 Å². The molecule has 1 atom stereocenters. The van der Waals surface area contributed by atoms with E-state index in [9.17, 15) is 9.00 Å². The highest BCUT2D eigenvalue weighted by Crippen LogP contribution is 2.32. The third kappa shape index (κ3) is 3.80. The van der Waals surface area contributed by atoms with Crippen LogP contribution in [0.3, 0.4) is 0 Å². The van der Waals surface area contributed by atoms with Crippen LogP contribution in [0.15, 0.2) is 60.7 Å². The predicted molar refractivity (Wildman–Crippen MR) is 127 cm³/mol. The van der Waals surface area contributed by atoms with Crippen molar-refractivity contribution in [1.29, 1.82) is 0 Å². The smallest absolute Gasteiger partial charge is 0.263 e. The van der Waals surface area contributed by atoms with Gasteiger partial charge in [-0.15, -0.1) is 0 Å². The molecule has 2 heterocycles. The molecule has 0 aliphatic carbocycles. The maximum atomic E-state index is 12.8. The van der Waals surface area contributed by atoms with E-state index in [1.807, 2.05) is 74.5 Å². The number of hydrogen-bond donors (Lipinski definition) is 1. The van der Waals surface area contributed by atoms with Gasteiger partial charge >= 0.3 is 0 Å². The number of benzene rings is 3. The van der Waals surface area contributed by atoms with E-state index >= 15 is 0 Å².